The first kappa shape index (κ1) is 9.45. The third kappa shape index (κ3) is 1.37. The molecule has 0 aliphatic carbocycles. The van der Waals surface area contributed by atoms with Gasteiger partial charge in [-0.15, -0.1) is 0 Å². The van der Waals surface area contributed by atoms with Gasteiger partial charge in [0.05, 0.1) is 24.5 Å². The Hall–Kier alpha value is -1.11. The number of H-pyrrole nitrogens is 1. The van der Waals surface area contributed by atoms with Crippen molar-refractivity contribution in [1.29, 1.82) is 0 Å². The highest BCUT2D eigenvalue weighted by molar-refractivity contribution is 14.1. The predicted molar refractivity (Wildman–Crippen MR) is 60.2 cm³/mol. The number of carbonyl (C=O) groups excluding carboxylic acids is 1. The van der Waals surface area contributed by atoms with Crippen LogP contribution in [-0.4, -0.2) is 23.0 Å². The molecule has 0 radical (unpaired) electrons. The zero-order chi connectivity index (χ0) is 10.1. The van der Waals surface area contributed by atoms with E-state index in [2.05, 4.69) is 37.3 Å². The first-order valence-electron chi connectivity index (χ1n) is 3.94. The Morgan fingerprint density at radius 1 is 1.57 bits per heavy atom. The van der Waals surface area contributed by atoms with Crippen LogP contribution >= 0.6 is 22.6 Å². The molecule has 0 spiro atoms. The van der Waals surface area contributed by atoms with Crippen LogP contribution in [0.5, 0.6) is 0 Å². The van der Waals surface area contributed by atoms with Gasteiger partial charge in [0, 0.05) is 3.57 Å². The Kier molecular flexibility index (Phi) is 2.40. The number of carbonyl (C=O) groups is 1. The van der Waals surface area contributed by atoms with Crippen LogP contribution in [0.15, 0.2) is 18.5 Å². The van der Waals surface area contributed by atoms with E-state index in [1.807, 2.05) is 6.07 Å². The molecule has 0 unspecified atom stereocenters. The van der Waals surface area contributed by atoms with E-state index in [1.165, 1.54) is 7.11 Å². The maximum Gasteiger partial charge on any atom is 0.340 e. The molecular weight excluding hydrogens is 295 g/mol. The lowest BCUT2D eigenvalue weighted by atomic mass is 10.2. The topological polar surface area (TPSA) is 55.0 Å². The van der Waals surface area contributed by atoms with Crippen LogP contribution in [0.4, 0.5) is 0 Å². The monoisotopic (exact) mass is 302 g/mol. The van der Waals surface area contributed by atoms with Gasteiger partial charge >= 0.3 is 5.97 Å². The zero-order valence-corrected chi connectivity index (χ0v) is 9.53. The van der Waals surface area contributed by atoms with Gasteiger partial charge in [0.1, 0.15) is 5.52 Å². The third-order valence-corrected chi connectivity index (χ3v) is 2.81. The van der Waals surface area contributed by atoms with E-state index < -0.39 is 0 Å². The summed E-state index contributed by atoms with van der Waals surface area (Å²) in [6.45, 7) is 0. The first-order chi connectivity index (χ1) is 6.74. The Morgan fingerprint density at radius 3 is 3.07 bits per heavy atom. The van der Waals surface area contributed by atoms with Crippen LogP contribution in [0.3, 0.4) is 0 Å². The number of imidazole rings is 1. The molecule has 0 atom stereocenters. The molecule has 0 aliphatic rings. The van der Waals surface area contributed by atoms with Gasteiger partial charge in [-0.2, -0.15) is 0 Å². The second kappa shape index (κ2) is 3.56. The minimum absolute atomic E-state index is 0.351. The fourth-order valence-corrected chi connectivity index (χ4v) is 1.87. The van der Waals surface area contributed by atoms with Crippen LogP contribution in [0, 0.1) is 3.57 Å². The number of hydrogen-bond donors (Lipinski definition) is 1. The highest BCUT2D eigenvalue weighted by Crippen LogP contribution is 2.21. The van der Waals surface area contributed by atoms with Gasteiger partial charge < -0.3 is 9.72 Å². The van der Waals surface area contributed by atoms with Gasteiger partial charge in [-0.3, -0.25) is 0 Å². The van der Waals surface area contributed by atoms with Crippen molar-refractivity contribution in [2.45, 2.75) is 0 Å². The molecule has 2 aromatic rings. The molecule has 0 fully saturated rings. The highest BCUT2D eigenvalue weighted by atomic mass is 127. The van der Waals surface area contributed by atoms with E-state index in [1.54, 1.807) is 12.4 Å². The van der Waals surface area contributed by atoms with E-state index >= 15 is 0 Å². The molecule has 14 heavy (non-hydrogen) atoms. The smallest absolute Gasteiger partial charge is 0.340 e. The lowest BCUT2D eigenvalue weighted by Gasteiger charge is -2.00. The molecule has 0 bridgehead atoms. The van der Waals surface area contributed by atoms with Gasteiger partial charge in [-0.05, 0) is 34.7 Å². The van der Waals surface area contributed by atoms with Crippen molar-refractivity contribution >= 4 is 39.6 Å². The van der Waals surface area contributed by atoms with Crippen LogP contribution in [0.25, 0.3) is 11.0 Å². The maximum atomic E-state index is 11.4. The van der Waals surface area contributed by atoms with E-state index in [-0.39, 0.29) is 5.97 Å². The maximum absolute atomic E-state index is 11.4. The van der Waals surface area contributed by atoms with Gasteiger partial charge in [0.2, 0.25) is 0 Å². The molecule has 1 aromatic heterocycles. The highest BCUT2D eigenvalue weighted by Gasteiger charge is 2.13. The summed E-state index contributed by atoms with van der Waals surface area (Å²) in [5, 5.41) is 0. The molecule has 1 heterocycles. The lowest BCUT2D eigenvalue weighted by Crippen LogP contribution is -2.02. The van der Waals surface area contributed by atoms with Gasteiger partial charge in [0.25, 0.3) is 0 Å². The number of benzene rings is 1. The van der Waals surface area contributed by atoms with Gasteiger partial charge in [-0.25, -0.2) is 9.78 Å². The summed E-state index contributed by atoms with van der Waals surface area (Å²) in [7, 11) is 1.36. The molecule has 0 saturated heterocycles. The molecular formula is C9H7IN2O2. The van der Waals surface area contributed by atoms with Crippen molar-refractivity contribution < 1.29 is 9.53 Å². The summed E-state index contributed by atoms with van der Waals surface area (Å²) in [5.74, 6) is -0.351. The van der Waals surface area contributed by atoms with Gasteiger partial charge in [-0.1, -0.05) is 0 Å². The van der Waals surface area contributed by atoms with Gasteiger partial charge in [0.15, 0.2) is 0 Å². The molecule has 0 aliphatic heterocycles. The number of nitrogens with zero attached hydrogens (tertiary/aromatic N) is 1. The Bertz CT molecular complexity index is 493. The average molecular weight is 302 g/mol. The number of esters is 1. The van der Waals surface area contributed by atoms with Crippen molar-refractivity contribution in [3.05, 3.63) is 27.6 Å². The molecule has 1 aromatic carbocycles. The SMILES string of the molecule is COC(=O)c1ccc(I)c2nc[nH]c12. The summed E-state index contributed by atoms with van der Waals surface area (Å²) in [5.41, 5.74) is 2.04. The number of nitrogens with one attached hydrogen (secondary N) is 1. The van der Waals surface area contributed by atoms with Crippen LogP contribution in [-0.2, 0) is 4.74 Å². The molecule has 1 N–H and O–H groups in total. The number of rotatable bonds is 1. The number of aromatic amines is 1. The quantitative estimate of drug-likeness (QED) is 0.647. The molecule has 4 nitrogen and oxygen atoms in total. The van der Waals surface area contributed by atoms with Crippen molar-refractivity contribution in [1.82, 2.24) is 9.97 Å². The number of halogens is 1. The van der Waals surface area contributed by atoms with E-state index in [0.29, 0.717) is 5.56 Å². The number of fused-ring (bicyclic) bond motifs is 1. The summed E-state index contributed by atoms with van der Waals surface area (Å²) in [6.07, 6.45) is 1.57. The van der Waals surface area contributed by atoms with Crippen molar-refractivity contribution in [3.8, 4) is 0 Å². The molecule has 0 amide bonds. The Balaban J connectivity index is 2.72. The minimum Gasteiger partial charge on any atom is -0.465 e. The summed E-state index contributed by atoms with van der Waals surface area (Å²) >= 11 is 2.17. The number of methoxy groups -OCH3 is 1. The molecule has 0 saturated carbocycles. The van der Waals surface area contributed by atoms with E-state index in [9.17, 15) is 4.79 Å². The normalized spacial score (nSPS) is 10.4. The van der Waals surface area contributed by atoms with Crippen LogP contribution in [0.2, 0.25) is 0 Å². The fraction of sp³-hybridized carbons (Fsp3) is 0.111. The number of hydrogen-bond acceptors (Lipinski definition) is 3. The van der Waals surface area contributed by atoms with Crippen molar-refractivity contribution in [2.24, 2.45) is 0 Å². The third-order valence-electron chi connectivity index (χ3n) is 1.94. The predicted octanol–water partition coefficient (Wildman–Crippen LogP) is 1.95. The molecule has 2 rings (SSSR count). The summed E-state index contributed by atoms with van der Waals surface area (Å²) in [4.78, 5) is 18.4. The number of ether oxygens (including phenoxy) is 1. The molecule has 72 valence electrons. The zero-order valence-electron chi connectivity index (χ0n) is 7.37. The second-order valence-electron chi connectivity index (χ2n) is 2.71. The molecule has 5 heteroatoms. The average Bonchev–Trinajstić information content (AvgIpc) is 2.67. The Labute approximate surface area is 93.8 Å². The summed E-state index contributed by atoms with van der Waals surface area (Å²) in [6, 6.07) is 3.57. The van der Waals surface area contributed by atoms with E-state index in [4.69, 9.17) is 0 Å². The Morgan fingerprint density at radius 2 is 2.36 bits per heavy atom. The van der Waals surface area contributed by atoms with E-state index in [0.717, 1.165) is 14.6 Å². The minimum atomic E-state index is -0.351. The van der Waals surface area contributed by atoms with Crippen LogP contribution < -0.4 is 0 Å². The standard InChI is InChI=1S/C9H7IN2O2/c1-14-9(13)5-2-3-6(10)8-7(5)11-4-12-8/h2-4H,1H3,(H,11,12). The van der Waals surface area contributed by atoms with Crippen LogP contribution in [0.1, 0.15) is 10.4 Å². The van der Waals surface area contributed by atoms with Crippen molar-refractivity contribution in [3.63, 3.8) is 0 Å². The first-order valence-corrected chi connectivity index (χ1v) is 5.02. The lowest BCUT2D eigenvalue weighted by molar-refractivity contribution is 0.0603. The number of aromatic nitrogens is 2. The largest absolute Gasteiger partial charge is 0.465 e. The fourth-order valence-electron chi connectivity index (χ4n) is 1.28. The second-order valence-corrected chi connectivity index (χ2v) is 3.87. The van der Waals surface area contributed by atoms with Crippen molar-refractivity contribution in [2.75, 3.05) is 7.11 Å². The summed E-state index contributed by atoms with van der Waals surface area (Å²) < 4.78 is 5.67.